The number of rotatable bonds is 8. The van der Waals surface area contributed by atoms with E-state index in [2.05, 4.69) is 9.98 Å². The summed E-state index contributed by atoms with van der Waals surface area (Å²) in [4.78, 5) is 20.6. The van der Waals surface area contributed by atoms with Crippen molar-refractivity contribution in [1.82, 2.24) is 6.15 Å². The van der Waals surface area contributed by atoms with Gasteiger partial charge in [-0.3, -0.25) is 9.98 Å². The molecule has 1 unspecified atom stereocenters. The lowest BCUT2D eigenvalue weighted by Gasteiger charge is -2.09. The number of hydrogen-bond acceptors (Lipinski definition) is 5. The third kappa shape index (κ3) is 7.54. The van der Waals surface area contributed by atoms with Crippen molar-refractivity contribution in [1.29, 1.82) is 0 Å². The van der Waals surface area contributed by atoms with E-state index in [0.29, 0.717) is 13.0 Å². The molecule has 3 N–H and O–H groups in total. The van der Waals surface area contributed by atoms with Crippen molar-refractivity contribution < 1.29 is 9.53 Å². The Balaban J connectivity index is 0.00000312. The molecule has 132 valence electrons. The van der Waals surface area contributed by atoms with Crippen molar-refractivity contribution in [2.75, 3.05) is 13.7 Å². The van der Waals surface area contributed by atoms with Crippen molar-refractivity contribution in [3.8, 4) is 0 Å². The standard InChI is InChI=1S/C20H22N2O2.H3N/c1-24-20(23)19(22-16-18-11-6-3-7-12-18)13-8-14-21-15-17-9-4-2-5-10-17;/h2-7,9-12,15-16,19H,8,13-14H2,1H3;1H3. The highest BCUT2D eigenvalue weighted by Gasteiger charge is 2.16. The molecule has 5 heteroatoms. The van der Waals surface area contributed by atoms with Gasteiger partial charge in [0.05, 0.1) is 7.11 Å². The van der Waals surface area contributed by atoms with Crippen LogP contribution < -0.4 is 6.15 Å². The molecule has 2 aromatic carbocycles. The maximum atomic E-state index is 11.8. The average molecular weight is 339 g/mol. The Labute approximate surface area is 149 Å². The quantitative estimate of drug-likeness (QED) is 0.452. The Bertz CT molecular complexity index is 670. The van der Waals surface area contributed by atoms with Gasteiger partial charge in [0.2, 0.25) is 0 Å². The van der Waals surface area contributed by atoms with E-state index < -0.39 is 6.04 Å². The predicted molar refractivity (Wildman–Crippen MR) is 103 cm³/mol. The topological polar surface area (TPSA) is 86.0 Å². The highest BCUT2D eigenvalue weighted by Crippen LogP contribution is 2.06. The zero-order valence-electron chi connectivity index (χ0n) is 14.5. The molecule has 0 aliphatic rings. The number of esters is 1. The third-order valence-electron chi connectivity index (χ3n) is 3.48. The molecule has 0 heterocycles. The van der Waals surface area contributed by atoms with Crippen LogP contribution in [0.25, 0.3) is 0 Å². The predicted octanol–water partition coefficient (Wildman–Crippen LogP) is 3.71. The molecule has 0 aliphatic carbocycles. The summed E-state index contributed by atoms with van der Waals surface area (Å²) < 4.78 is 4.84. The maximum absolute atomic E-state index is 11.8. The smallest absolute Gasteiger partial charge is 0.330 e. The number of ether oxygens (including phenoxy) is 1. The lowest BCUT2D eigenvalue weighted by molar-refractivity contribution is -0.142. The van der Waals surface area contributed by atoms with Crippen molar-refractivity contribution in [3.05, 3.63) is 71.8 Å². The van der Waals surface area contributed by atoms with Gasteiger partial charge in [0, 0.05) is 19.0 Å². The van der Waals surface area contributed by atoms with Crippen molar-refractivity contribution in [3.63, 3.8) is 0 Å². The van der Waals surface area contributed by atoms with E-state index in [1.54, 1.807) is 6.21 Å². The van der Waals surface area contributed by atoms with Crippen LogP contribution >= 0.6 is 0 Å². The number of aliphatic imine (C=N–C) groups is 2. The van der Waals surface area contributed by atoms with Gasteiger partial charge >= 0.3 is 5.97 Å². The van der Waals surface area contributed by atoms with Crippen LogP contribution in [-0.2, 0) is 9.53 Å². The van der Waals surface area contributed by atoms with Crippen molar-refractivity contribution in [2.24, 2.45) is 9.98 Å². The van der Waals surface area contributed by atoms with E-state index in [0.717, 1.165) is 17.5 Å². The summed E-state index contributed by atoms with van der Waals surface area (Å²) in [6.07, 6.45) is 4.95. The molecule has 0 saturated carbocycles. The van der Waals surface area contributed by atoms with Crippen LogP contribution in [-0.4, -0.2) is 38.1 Å². The number of methoxy groups -OCH3 is 1. The Morgan fingerprint density at radius 2 is 1.56 bits per heavy atom. The molecule has 1 atom stereocenters. The maximum Gasteiger partial charge on any atom is 0.330 e. The zero-order chi connectivity index (χ0) is 17.0. The summed E-state index contributed by atoms with van der Waals surface area (Å²) in [6, 6.07) is 19.2. The molecule has 5 nitrogen and oxygen atoms in total. The minimum atomic E-state index is -0.484. The Morgan fingerprint density at radius 3 is 2.12 bits per heavy atom. The third-order valence-corrected chi connectivity index (χ3v) is 3.48. The SMILES string of the molecule is COC(=O)C(CCCN=Cc1ccccc1)N=Cc1ccccc1.N. The lowest BCUT2D eigenvalue weighted by atomic mass is 10.1. The molecule has 25 heavy (non-hydrogen) atoms. The average Bonchev–Trinajstić information content (AvgIpc) is 2.65. The molecule has 0 aromatic heterocycles. The largest absolute Gasteiger partial charge is 0.467 e. The van der Waals surface area contributed by atoms with Gasteiger partial charge in [-0.2, -0.15) is 0 Å². The van der Waals surface area contributed by atoms with Crippen LogP contribution in [0.4, 0.5) is 0 Å². The van der Waals surface area contributed by atoms with E-state index in [1.807, 2.05) is 66.9 Å². The van der Waals surface area contributed by atoms with Crippen molar-refractivity contribution in [2.45, 2.75) is 18.9 Å². The monoisotopic (exact) mass is 339 g/mol. The van der Waals surface area contributed by atoms with E-state index in [-0.39, 0.29) is 12.1 Å². The molecule has 0 radical (unpaired) electrons. The summed E-state index contributed by atoms with van der Waals surface area (Å²) in [5, 5.41) is 0. The number of nitrogens with zero attached hydrogens (tertiary/aromatic N) is 2. The molecule has 2 aromatic rings. The Hall–Kier alpha value is -2.79. The molecule has 0 saturated heterocycles. The highest BCUT2D eigenvalue weighted by atomic mass is 16.5. The van der Waals surface area contributed by atoms with E-state index in [9.17, 15) is 4.79 Å². The first-order valence-corrected chi connectivity index (χ1v) is 8.00. The molecule has 0 aliphatic heterocycles. The highest BCUT2D eigenvalue weighted by molar-refractivity contribution is 5.84. The lowest BCUT2D eigenvalue weighted by Crippen LogP contribution is -2.20. The fraction of sp³-hybridized carbons (Fsp3) is 0.250. The minimum Gasteiger partial charge on any atom is -0.467 e. The molecule has 0 amide bonds. The second-order valence-corrected chi connectivity index (χ2v) is 5.32. The van der Waals surface area contributed by atoms with Crippen LogP contribution in [0, 0.1) is 0 Å². The van der Waals surface area contributed by atoms with Gasteiger partial charge in [-0.15, -0.1) is 0 Å². The van der Waals surface area contributed by atoms with Gasteiger partial charge in [0.1, 0.15) is 6.04 Å². The first-order chi connectivity index (χ1) is 11.8. The Kier molecular flexibility index (Phi) is 9.48. The zero-order valence-corrected chi connectivity index (χ0v) is 14.5. The van der Waals surface area contributed by atoms with E-state index >= 15 is 0 Å². The second kappa shape index (κ2) is 11.7. The molecule has 0 spiro atoms. The van der Waals surface area contributed by atoms with E-state index in [1.165, 1.54) is 7.11 Å². The normalized spacial score (nSPS) is 12.0. The summed E-state index contributed by atoms with van der Waals surface area (Å²) >= 11 is 0. The number of hydrogen-bond donors (Lipinski definition) is 1. The summed E-state index contributed by atoms with van der Waals surface area (Å²) in [6.45, 7) is 0.656. The van der Waals surface area contributed by atoms with Gasteiger partial charge in [-0.25, -0.2) is 4.79 Å². The number of benzene rings is 2. The first kappa shape index (κ1) is 20.3. The van der Waals surface area contributed by atoms with Gasteiger partial charge < -0.3 is 10.9 Å². The molecule has 0 bridgehead atoms. The Morgan fingerprint density at radius 1 is 1.00 bits per heavy atom. The number of carbonyl (C=O) groups is 1. The minimum absolute atomic E-state index is 0. The molecular formula is C20H25N3O2. The van der Waals surface area contributed by atoms with E-state index in [4.69, 9.17) is 4.74 Å². The molecular weight excluding hydrogens is 314 g/mol. The van der Waals surface area contributed by atoms with Crippen LogP contribution in [0.5, 0.6) is 0 Å². The van der Waals surface area contributed by atoms with Gasteiger partial charge in [0.25, 0.3) is 0 Å². The van der Waals surface area contributed by atoms with Crippen LogP contribution in [0.15, 0.2) is 70.6 Å². The summed E-state index contributed by atoms with van der Waals surface area (Å²) in [7, 11) is 1.39. The fourth-order valence-electron chi connectivity index (χ4n) is 2.19. The number of carbonyl (C=O) groups excluding carboxylic acids is 1. The molecule has 2 rings (SSSR count). The summed E-state index contributed by atoms with van der Waals surface area (Å²) in [5.41, 5.74) is 2.04. The van der Waals surface area contributed by atoms with Gasteiger partial charge in [-0.05, 0) is 24.0 Å². The van der Waals surface area contributed by atoms with Crippen LogP contribution in [0.3, 0.4) is 0 Å². The van der Waals surface area contributed by atoms with Gasteiger partial charge in [0.15, 0.2) is 0 Å². The summed E-state index contributed by atoms with van der Waals surface area (Å²) in [5.74, 6) is -0.311. The van der Waals surface area contributed by atoms with Crippen LogP contribution in [0.1, 0.15) is 24.0 Å². The second-order valence-electron chi connectivity index (χ2n) is 5.32. The van der Waals surface area contributed by atoms with Crippen molar-refractivity contribution >= 4 is 18.4 Å². The first-order valence-electron chi connectivity index (χ1n) is 8.00. The fourth-order valence-corrected chi connectivity index (χ4v) is 2.19. The van der Waals surface area contributed by atoms with Crippen LogP contribution in [0.2, 0.25) is 0 Å². The molecule has 0 fully saturated rings. The van der Waals surface area contributed by atoms with Gasteiger partial charge in [-0.1, -0.05) is 60.7 Å².